The molecule has 2 aromatic carbocycles. The number of nitrogens with zero attached hydrogens (tertiary/aromatic N) is 2. The predicted octanol–water partition coefficient (Wildman–Crippen LogP) is 3.84. The van der Waals surface area contributed by atoms with Crippen molar-refractivity contribution in [1.82, 2.24) is 10.2 Å². The van der Waals surface area contributed by atoms with E-state index in [0.717, 1.165) is 22.4 Å². The molecule has 0 atom stereocenters. The van der Waals surface area contributed by atoms with Crippen molar-refractivity contribution in [3.63, 3.8) is 0 Å². The highest BCUT2D eigenvalue weighted by molar-refractivity contribution is 6.30. The number of ether oxygens (including phenoxy) is 3. The van der Waals surface area contributed by atoms with Gasteiger partial charge in [0.2, 0.25) is 0 Å². The fraction of sp³-hybridized carbons (Fsp3) is 0.176. The Morgan fingerprint density at radius 2 is 2.00 bits per heavy atom. The molecule has 0 fully saturated rings. The van der Waals surface area contributed by atoms with E-state index in [-0.39, 0.29) is 19.5 Å². The van der Waals surface area contributed by atoms with Crippen molar-refractivity contribution >= 4 is 11.6 Å². The molecular weight excluding hydrogens is 332 g/mol. The molecule has 122 valence electrons. The lowest BCUT2D eigenvalue weighted by atomic mass is 10.1. The zero-order valence-electron chi connectivity index (χ0n) is 12.6. The Bertz CT molecular complexity index is 851. The van der Waals surface area contributed by atoms with Crippen LogP contribution in [0.15, 0.2) is 46.9 Å². The summed E-state index contributed by atoms with van der Waals surface area (Å²) < 4.78 is 21.9. The minimum absolute atomic E-state index is 0.0923. The second-order valence-corrected chi connectivity index (χ2v) is 5.63. The van der Waals surface area contributed by atoms with E-state index in [0.29, 0.717) is 17.5 Å². The van der Waals surface area contributed by atoms with E-state index in [9.17, 15) is 0 Å². The highest BCUT2D eigenvalue weighted by Gasteiger charge is 2.18. The molecular formula is C17H13ClN2O4. The van der Waals surface area contributed by atoms with Gasteiger partial charge in [-0.3, -0.25) is 0 Å². The fourth-order valence-corrected chi connectivity index (χ4v) is 2.73. The first kappa shape index (κ1) is 15.0. The molecule has 0 aliphatic carbocycles. The second kappa shape index (κ2) is 6.51. The van der Waals surface area contributed by atoms with Crippen LogP contribution in [0.5, 0.6) is 11.8 Å². The van der Waals surface area contributed by atoms with Crippen LogP contribution >= 0.6 is 11.6 Å². The van der Waals surface area contributed by atoms with Gasteiger partial charge in [-0.05, 0) is 24.3 Å². The van der Waals surface area contributed by atoms with Gasteiger partial charge < -0.3 is 18.6 Å². The number of hydrogen-bond acceptors (Lipinski definition) is 6. The second-order valence-electron chi connectivity index (χ2n) is 5.19. The van der Waals surface area contributed by atoms with Crippen molar-refractivity contribution in [2.24, 2.45) is 0 Å². The van der Waals surface area contributed by atoms with Crippen molar-refractivity contribution in [3.8, 4) is 23.3 Å². The van der Waals surface area contributed by atoms with Crippen LogP contribution in [0.4, 0.5) is 0 Å². The van der Waals surface area contributed by atoms with Crippen molar-refractivity contribution < 1.29 is 18.6 Å². The van der Waals surface area contributed by atoms with E-state index in [1.54, 1.807) is 6.07 Å². The molecule has 4 rings (SSSR count). The highest BCUT2D eigenvalue weighted by Crippen LogP contribution is 2.32. The summed E-state index contributed by atoms with van der Waals surface area (Å²) in [5, 5.41) is 8.48. The lowest BCUT2D eigenvalue weighted by molar-refractivity contribution is -0.0176. The summed E-state index contributed by atoms with van der Waals surface area (Å²) in [7, 11) is 0. The maximum absolute atomic E-state index is 6.13. The van der Waals surface area contributed by atoms with Gasteiger partial charge in [0.1, 0.15) is 12.4 Å². The predicted molar refractivity (Wildman–Crippen MR) is 85.8 cm³/mol. The molecule has 0 amide bonds. The van der Waals surface area contributed by atoms with Gasteiger partial charge in [-0.25, -0.2) is 0 Å². The molecule has 0 N–H and O–H groups in total. The highest BCUT2D eigenvalue weighted by atomic mass is 35.5. The summed E-state index contributed by atoms with van der Waals surface area (Å²) in [5.74, 6) is 1.14. The molecule has 0 saturated heterocycles. The zero-order valence-corrected chi connectivity index (χ0v) is 13.3. The van der Waals surface area contributed by atoms with Crippen molar-refractivity contribution in [2.75, 3.05) is 6.79 Å². The minimum Gasteiger partial charge on any atom is -0.467 e. The van der Waals surface area contributed by atoms with E-state index < -0.39 is 0 Å². The van der Waals surface area contributed by atoms with Gasteiger partial charge in [-0.15, -0.1) is 5.10 Å². The maximum Gasteiger partial charge on any atom is 0.415 e. The van der Waals surface area contributed by atoms with E-state index in [1.165, 1.54) is 0 Å². The van der Waals surface area contributed by atoms with Crippen molar-refractivity contribution in [2.45, 2.75) is 13.2 Å². The van der Waals surface area contributed by atoms with Gasteiger partial charge in [-0.2, -0.15) is 0 Å². The summed E-state index contributed by atoms with van der Waals surface area (Å²) in [6, 6.07) is 13.1. The zero-order chi connectivity index (χ0) is 16.4. The summed E-state index contributed by atoms with van der Waals surface area (Å²) in [6.07, 6.45) is 0.0923. The summed E-state index contributed by atoms with van der Waals surface area (Å²) in [5.41, 5.74) is 2.53. The van der Waals surface area contributed by atoms with Crippen LogP contribution in [0.2, 0.25) is 5.02 Å². The Morgan fingerprint density at radius 1 is 1.12 bits per heavy atom. The average Bonchev–Trinajstić information content (AvgIpc) is 3.09. The third-order valence-electron chi connectivity index (χ3n) is 3.53. The van der Waals surface area contributed by atoms with Gasteiger partial charge in [0, 0.05) is 21.7 Å². The summed E-state index contributed by atoms with van der Waals surface area (Å²) in [6.45, 7) is 0.876. The van der Waals surface area contributed by atoms with Crippen LogP contribution < -0.4 is 9.47 Å². The molecule has 24 heavy (non-hydrogen) atoms. The Morgan fingerprint density at radius 3 is 2.88 bits per heavy atom. The largest absolute Gasteiger partial charge is 0.467 e. The Balaban J connectivity index is 1.52. The normalized spacial score (nSPS) is 13.2. The van der Waals surface area contributed by atoms with Gasteiger partial charge >= 0.3 is 6.08 Å². The molecule has 1 aliphatic heterocycles. The van der Waals surface area contributed by atoms with Crippen molar-refractivity contribution in [3.05, 3.63) is 58.6 Å². The number of rotatable bonds is 4. The molecule has 1 aliphatic rings. The van der Waals surface area contributed by atoms with E-state index in [2.05, 4.69) is 10.2 Å². The molecule has 7 heteroatoms. The van der Waals surface area contributed by atoms with Gasteiger partial charge in [0.05, 0.1) is 6.61 Å². The van der Waals surface area contributed by atoms with Crippen LogP contribution in [0.1, 0.15) is 11.1 Å². The molecule has 3 aromatic rings. The monoisotopic (exact) mass is 344 g/mol. The third-order valence-corrected chi connectivity index (χ3v) is 3.75. The van der Waals surface area contributed by atoms with Gasteiger partial charge in [-0.1, -0.05) is 34.9 Å². The molecule has 2 heterocycles. The quantitative estimate of drug-likeness (QED) is 0.716. The number of benzene rings is 2. The summed E-state index contributed by atoms with van der Waals surface area (Å²) >= 11 is 6.13. The SMILES string of the molecule is Clc1cc2c(c(COc3nnc(-c4ccccc4)o3)c1)OCOC2. The molecule has 0 radical (unpaired) electrons. The third kappa shape index (κ3) is 3.06. The van der Waals surface area contributed by atoms with Crippen molar-refractivity contribution in [1.29, 1.82) is 0 Å². The number of halogens is 1. The average molecular weight is 345 g/mol. The van der Waals surface area contributed by atoms with E-state index in [1.807, 2.05) is 36.4 Å². The number of fused-ring (bicyclic) bond motifs is 1. The van der Waals surface area contributed by atoms with Crippen LogP contribution in [0.25, 0.3) is 11.5 Å². The first-order valence-corrected chi connectivity index (χ1v) is 7.71. The standard InChI is InChI=1S/C17H13ClN2O4/c18-14-6-12-8-21-10-23-15(12)13(7-14)9-22-17-20-19-16(24-17)11-4-2-1-3-5-11/h1-7H,8-10H2. The first-order valence-electron chi connectivity index (χ1n) is 7.33. The summed E-state index contributed by atoms with van der Waals surface area (Å²) in [4.78, 5) is 0. The maximum atomic E-state index is 6.13. The smallest absolute Gasteiger partial charge is 0.415 e. The van der Waals surface area contributed by atoms with Gasteiger partial charge in [0.15, 0.2) is 6.79 Å². The van der Waals surface area contributed by atoms with E-state index >= 15 is 0 Å². The molecule has 6 nitrogen and oxygen atoms in total. The van der Waals surface area contributed by atoms with E-state index in [4.69, 9.17) is 30.2 Å². The molecule has 0 spiro atoms. The molecule has 0 saturated carbocycles. The Labute approximate surface area is 142 Å². The molecule has 0 unspecified atom stereocenters. The van der Waals surface area contributed by atoms with Gasteiger partial charge in [0.25, 0.3) is 5.89 Å². The first-order chi connectivity index (χ1) is 11.8. The van der Waals surface area contributed by atoms with Crippen LogP contribution in [0, 0.1) is 0 Å². The Hall–Kier alpha value is -2.57. The minimum atomic E-state index is 0.0923. The molecule has 0 bridgehead atoms. The number of hydrogen-bond donors (Lipinski definition) is 0. The van der Waals surface area contributed by atoms with Crippen LogP contribution in [-0.2, 0) is 18.0 Å². The van der Waals surface area contributed by atoms with Crippen LogP contribution in [-0.4, -0.2) is 17.0 Å². The fourth-order valence-electron chi connectivity index (χ4n) is 2.47. The number of aromatic nitrogens is 2. The lowest BCUT2D eigenvalue weighted by Gasteiger charge is -2.20. The Kier molecular flexibility index (Phi) is 4.06. The van der Waals surface area contributed by atoms with Crippen LogP contribution in [0.3, 0.4) is 0 Å². The topological polar surface area (TPSA) is 66.6 Å². The molecule has 1 aromatic heterocycles. The lowest BCUT2D eigenvalue weighted by Crippen LogP contribution is -2.14.